The molecule has 0 spiro atoms. The Morgan fingerprint density at radius 2 is 1.96 bits per heavy atom. The fourth-order valence-electron chi connectivity index (χ4n) is 1.58. The third-order valence-corrected chi connectivity index (χ3v) is 4.64. The zero-order valence-corrected chi connectivity index (χ0v) is 14.6. The topological polar surface area (TPSA) is 93.1 Å². The van der Waals surface area contributed by atoms with Crippen LogP contribution in [0.4, 0.5) is 4.79 Å². The highest BCUT2D eigenvalue weighted by Gasteiger charge is 2.35. The molecular formula is C13H16Cl2NO6P. The molecule has 1 aromatic rings. The van der Waals surface area contributed by atoms with Gasteiger partial charge in [-0.25, -0.2) is 4.79 Å². The summed E-state index contributed by atoms with van der Waals surface area (Å²) in [4.78, 5) is 33.4. The highest BCUT2D eigenvalue weighted by Crippen LogP contribution is 2.43. The second kappa shape index (κ2) is 9.25. The zero-order chi connectivity index (χ0) is 17.5. The molecule has 0 saturated carbocycles. The maximum absolute atomic E-state index is 12.1. The van der Waals surface area contributed by atoms with Crippen LogP contribution in [0.25, 0.3) is 0 Å². The van der Waals surface area contributed by atoms with Gasteiger partial charge in [-0.1, -0.05) is 41.9 Å². The summed E-state index contributed by atoms with van der Waals surface area (Å²) < 4.78 is 21.4. The lowest BCUT2D eigenvalue weighted by Gasteiger charge is -2.26. The highest BCUT2D eigenvalue weighted by molar-refractivity contribution is 7.52. The average Bonchev–Trinajstić information content (AvgIpc) is 2.50. The van der Waals surface area contributed by atoms with Crippen molar-refractivity contribution >= 4 is 42.1 Å². The van der Waals surface area contributed by atoms with Gasteiger partial charge < -0.3 is 14.2 Å². The Hall–Kier alpha value is -1.11. The van der Waals surface area contributed by atoms with Crippen molar-refractivity contribution in [2.24, 2.45) is 0 Å². The van der Waals surface area contributed by atoms with Crippen LogP contribution >= 0.6 is 30.8 Å². The van der Waals surface area contributed by atoms with Crippen LogP contribution < -0.4 is 0 Å². The number of carbonyl (C=O) groups is 2. The van der Waals surface area contributed by atoms with Crippen LogP contribution in [0.2, 0.25) is 0 Å². The van der Waals surface area contributed by atoms with E-state index in [0.717, 1.165) is 0 Å². The van der Waals surface area contributed by atoms with E-state index in [-0.39, 0.29) is 13.2 Å². The highest BCUT2D eigenvalue weighted by atomic mass is 35.5. The van der Waals surface area contributed by atoms with E-state index in [2.05, 4.69) is 4.52 Å². The zero-order valence-electron chi connectivity index (χ0n) is 12.2. The second-order valence-electron chi connectivity index (χ2n) is 4.35. The van der Waals surface area contributed by atoms with Gasteiger partial charge >= 0.3 is 13.7 Å². The Kier molecular flexibility index (Phi) is 8.02. The van der Waals surface area contributed by atoms with Crippen LogP contribution in [-0.4, -0.2) is 39.5 Å². The molecule has 1 rings (SSSR count). The normalized spacial score (nSPS) is 14.6. The standard InChI is InChI=1S/C13H16Cl2NO6P/c1-2-22-23(19,20)9-16(11(14)12(15)17)13(18)21-8-10-6-4-3-5-7-10/h3-7,11H,2,8-9H2,1H3,(H,19,20)/t11-/m1/s1. The quantitative estimate of drug-likeness (QED) is 0.320. The first-order valence-electron chi connectivity index (χ1n) is 6.54. The number of carbonyl (C=O) groups excluding carboxylic acids is 2. The van der Waals surface area contributed by atoms with Gasteiger partial charge in [-0.05, 0) is 24.1 Å². The molecular weight excluding hydrogens is 368 g/mol. The summed E-state index contributed by atoms with van der Waals surface area (Å²) in [5.74, 6) is 0. The fourth-order valence-corrected chi connectivity index (χ4v) is 3.09. The van der Waals surface area contributed by atoms with Gasteiger partial charge in [0.25, 0.3) is 5.24 Å². The van der Waals surface area contributed by atoms with Crippen LogP contribution in [0, 0.1) is 0 Å². The molecule has 0 saturated heterocycles. The molecule has 0 bridgehead atoms. The second-order valence-corrected chi connectivity index (χ2v) is 6.95. The number of alkyl halides is 1. The van der Waals surface area contributed by atoms with Crippen LogP contribution in [0.1, 0.15) is 12.5 Å². The number of halogens is 2. The lowest BCUT2D eigenvalue weighted by molar-refractivity contribution is -0.113. The minimum absolute atomic E-state index is 0.0531. The summed E-state index contributed by atoms with van der Waals surface area (Å²) in [6.07, 6.45) is -1.88. The molecule has 0 fully saturated rings. The molecule has 0 aromatic heterocycles. The molecule has 0 aliphatic rings. The van der Waals surface area contributed by atoms with Crippen molar-refractivity contribution in [2.45, 2.75) is 19.0 Å². The van der Waals surface area contributed by atoms with Crippen molar-refractivity contribution in [2.75, 3.05) is 12.9 Å². The lowest BCUT2D eigenvalue weighted by Crippen LogP contribution is -2.41. The molecule has 128 valence electrons. The van der Waals surface area contributed by atoms with Crippen LogP contribution in [0.5, 0.6) is 0 Å². The van der Waals surface area contributed by atoms with Gasteiger partial charge in [0.1, 0.15) is 12.9 Å². The third-order valence-electron chi connectivity index (χ3n) is 2.56. The Bertz CT molecular complexity index is 585. The predicted molar refractivity (Wildman–Crippen MR) is 85.3 cm³/mol. The van der Waals surface area contributed by atoms with E-state index in [0.29, 0.717) is 10.5 Å². The van der Waals surface area contributed by atoms with Gasteiger partial charge in [0.2, 0.25) is 0 Å². The van der Waals surface area contributed by atoms with E-state index in [1.165, 1.54) is 6.92 Å². The maximum atomic E-state index is 12.1. The number of amides is 1. The monoisotopic (exact) mass is 383 g/mol. The minimum atomic E-state index is -4.16. The molecule has 0 heterocycles. The Morgan fingerprint density at radius 1 is 1.35 bits per heavy atom. The van der Waals surface area contributed by atoms with E-state index < -0.39 is 30.7 Å². The van der Waals surface area contributed by atoms with Crippen molar-refractivity contribution in [3.63, 3.8) is 0 Å². The third kappa shape index (κ3) is 6.89. The molecule has 1 unspecified atom stereocenters. The minimum Gasteiger partial charge on any atom is -0.444 e. The van der Waals surface area contributed by atoms with E-state index in [1.54, 1.807) is 30.3 Å². The number of benzene rings is 1. The Balaban J connectivity index is 2.80. The van der Waals surface area contributed by atoms with Gasteiger partial charge in [0.15, 0.2) is 5.50 Å². The number of rotatable bonds is 8. The van der Waals surface area contributed by atoms with E-state index in [4.69, 9.17) is 27.9 Å². The van der Waals surface area contributed by atoms with Crippen LogP contribution in [0.15, 0.2) is 30.3 Å². The van der Waals surface area contributed by atoms with Crippen LogP contribution in [0.3, 0.4) is 0 Å². The summed E-state index contributed by atoms with van der Waals surface area (Å²) in [7, 11) is -4.16. The molecule has 0 aliphatic carbocycles. The molecule has 10 heteroatoms. The molecule has 7 nitrogen and oxygen atoms in total. The molecule has 1 N–H and O–H groups in total. The Labute approximate surface area is 143 Å². The van der Waals surface area contributed by atoms with Crippen molar-refractivity contribution in [1.29, 1.82) is 0 Å². The summed E-state index contributed by atoms with van der Waals surface area (Å²) in [5, 5.41) is -1.08. The summed E-state index contributed by atoms with van der Waals surface area (Å²) in [6.45, 7) is 1.36. The number of hydrogen-bond donors (Lipinski definition) is 1. The van der Waals surface area contributed by atoms with E-state index in [1.807, 2.05) is 0 Å². The van der Waals surface area contributed by atoms with Gasteiger partial charge in [-0.15, -0.1) is 0 Å². The number of ether oxygens (including phenoxy) is 1. The number of nitrogens with zero attached hydrogens (tertiary/aromatic N) is 1. The first-order valence-corrected chi connectivity index (χ1v) is 9.11. The first-order chi connectivity index (χ1) is 10.8. The van der Waals surface area contributed by atoms with Crippen molar-refractivity contribution in [1.82, 2.24) is 4.90 Å². The van der Waals surface area contributed by atoms with Gasteiger partial charge in [0.05, 0.1) is 6.61 Å². The molecule has 2 atom stereocenters. The van der Waals surface area contributed by atoms with Gasteiger partial charge in [-0.2, -0.15) is 0 Å². The van der Waals surface area contributed by atoms with Gasteiger partial charge in [0, 0.05) is 0 Å². The average molecular weight is 384 g/mol. The van der Waals surface area contributed by atoms with Crippen molar-refractivity contribution in [3.8, 4) is 0 Å². The first kappa shape index (κ1) is 19.9. The molecule has 23 heavy (non-hydrogen) atoms. The van der Waals surface area contributed by atoms with Gasteiger partial charge in [-0.3, -0.25) is 14.3 Å². The summed E-state index contributed by atoms with van der Waals surface area (Å²) in [6, 6.07) is 8.75. The molecule has 1 amide bonds. The maximum Gasteiger partial charge on any atom is 0.412 e. The lowest BCUT2D eigenvalue weighted by atomic mass is 10.2. The van der Waals surface area contributed by atoms with E-state index >= 15 is 0 Å². The SMILES string of the molecule is CCOP(=O)(O)CN(C(=O)OCc1ccccc1)[C@@H](Cl)C(=O)Cl. The number of hydrogen-bond acceptors (Lipinski definition) is 5. The summed E-state index contributed by atoms with van der Waals surface area (Å²) >= 11 is 11.0. The molecule has 0 aliphatic heterocycles. The van der Waals surface area contributed by atoms with Crippen LogP contribution in [-0.2, 0) is 25.2 Å². The molecule has 1 aromatic carbocycles. The van der Waals surface area contributed by atoms with E-state index in [9.17, 15) is 19.0 Å². The Morgan fingerprint density at radius 3 is 2.48 bits per heavy atom. The fraction of sp³-hybridized carbons (Fsp3) is 0.385. The smallest absolute Gasteiger partial charge is 0.412 e. The largest absolute Gasteiger partial charge is 0.444 e. The van der Waals surface area contributed by atoms with Crippen molar-refractivity contribution in [3.05, 3.63) is 35.9 Å². The van der Waals surface area contributed by atoms with Crippen molar-refractivity contribution < 1.29 is 28.3 Å². The predicted octanol–water partition coefficient (Wildman–Crippen LogP) is 3.13. The summed E-state index contributed by atoms with van der Waals surface area (Å²) in [5.41, 5.74) is -0.956. The molecule has 0 radical (unpaired) electrons.